The van der Waals surface area contributed by atoms with Crippen molar-refractivity contribution in [1.29, 1.82) is 0 Å². The van der Waals surface area contributed by atoms with Gasteiger partial charge in [0.05, 0.1) is 0 Å². The molecular weight excluding hydrogens is 216 g/mol. The van der Waals surface area contributed by atoms with Crippen molar-refractivity contribution in [2.45, 2.75) is 72.1 Å². The van der Waals surface area contributed by atoms with E-state index in [0.29, 0.717) is 0 Å². The fraction of sp³-hybridized carbons (Fsp3) is 0.889. The summed E-state index contributed by atoms with van der Waals surface area (Å²) in [4.78, 5) is 0. The summed E-state index contributed by atoms with van der Waals surface area (Å²) in [6.07, 6.45) is 16.6. The van der Waals surface area contributed by atoms with Gasteiger partial charge in [0.1, 0.15) is 0 Å². The van der Waals surface area contributed by atoms with Crippen LogP contribution in [0.25, 0.3) is 0 Å². The summed E-state index contributed by atoms with van der Waals surface area (Å²) >= 11 is 0. The van der Waals surface area contributed by atoms with E-state index >= 15 is 0 Å². The van der Waals surface area contributed by atoms with E-state index in [-0.39, 0.29) is 0 Å². The van der Waals surface area contributed by atoms with E-state index in [1.807, 2.05) is 0 Å². The average Bonchev–Trinajstić information content (AvgIpc) is 2.40. The summed E-state index contributed by atoms with van der Waals surface area (Å²) in [5, 5.41) is 0. The highest BCUT2D eigenvalue weighted by Crippen LogP contribution is 2.47. The molecule has 2 aliphatic carbocycles. The van der Waals surface area contributed by atoms with Crippen LogP contribution in [-0.4, -0.2) is 0 Å². The maximum Gasteiger partial charge on any atom is -0.0231 e. The second-order valence-electron chi connectivity index (χ2n) is 6.77. The second kappa shape index (κ2) is 6.78. The van der Waals surface area contributed by atoms with Crippen molar-refractivity contribution >= 4 is 0 Å². The number of hydrogen-bond donors (Lipinski definition) is 0. The fourth-order valence-electron chi connectivity index (χ4n) is 4.79. The fourth-order valence-corrected chi connectivity index (χ4v) is 4.79. The van der Waals surface area contributed by atoms with Crippen LogP contribution in [0.4, 0.5) is 0 Å². The lowest BCUT2D eigenvalue weighted by Gasteiger charge is -2.43. The van der Waals surface area contributed by atoms with Crippen molar-refractivity contribution < 1.29 is 0 Å². The van der Waals surface area contributed by atoms with Crippen molar-refractivity contribution in [3.8, 4) is 0 Å². The SMILES string of the molecule is C/C=C/C1CCC2CC(C(CC)CC)CCC2C1. The molecule has 4 unspecified atom stereocenters. The van der Waals surface area contributed by atoms with Gasteiger partial charge in [0, 0.05) is 0 Å². The smallest absolute Gasteiger partial charge is 0.0231 e. The van der Waals surface area contributed by atoms with Crippen molar-refractivity contribution in [2.75, 3.05) is 0 Å². The van der Waals surface area contributed by atoms with Crippen LogP contribution in [0.2, 0.25) is 0 Å². The predicted octanol–water partition coefficient (Wildman–Crippen LogP) is 5.83. The molecule has 0 heterocycles. The third-order valence-electron chi connectivity index (χ3n) is 5.87. The summed E-state index contributed by atoms with van der Waals surface area (Å²) in [7, 11) is 0. The molecule has 0 N–H and O–H groups in total. The summed E-state index contributed by atoms with van der Waals surface area (Å²) in [5.41, 5.74) is 0. The van der Waals surface area contributed by atoms with E-state index in [0.717, 1.165) is 29.6 Å². The molecule has 104 valence electrons. The molecule has 0 aliphatic heterocycles. The topological polar surface area (TPSA) is 0 Å². The van der Waals surface area contributed by atoms with Crippen LogP contribution in [0, 0.1) is 29.6 Å². The maximum absolute atomic E-state index is 2.46. The molecule has 0 spiro atoms. The zero-order valence-corrected chi connectivity index (χ0v) is 12.7. The van der Waals surface area contributed by atoms with Gasteiger partial charge in [-0.05, 0) is 75.0 Å². The first kappa shape index (κ1) is 14.2. The van der Waals surface area contributed by atoms with Crippen LogP contribution >= 0.6 is 0 Å². The number of allylic oxidation sites excluding steroid dienone is 2. The molecule has 2 saturated carbocycles. The Morgan fingerprint density at radius 3 is 2.28 bits per heavy atom. The van der Waals surface area contributed by atoms with Crippen molar-refractivity contribution in [3.63, 3.8) is 0 Å². The summed E-state index contributed by atoms with van der Waals surface area (Å²) < 4.78 is 0. The molecular formula is C18H32. The Labute approximate surface area is 114 Å². The molecule has 2 rings (SSSR count). The van der Waals surface area contributed by atoms with Gasteiger partial charge in [-0.2, -0.15) is 0 Å². The van der Waals surface area contributed by atoms with E-state index in [2.05, 4.69) is 32.9 Å². The zero-order valence-electron chi connectivity index (χ0n) is 12.7. The van der Waals surface area contributed by atoms with Crippen LogP contribution < -0.4 is 0 Å². The monoisotopic (exact) mass is 248 g/mol. The lowest BCUT2D eigenvalue weighted by molar-refractivity contribution is 0.0827. The Morgan fingerprint density at radius 1 is 0.944 bits per heavy atom. The first-order valence-corrected chi connectivity index (χ1v) is 8.41. The lowest BCUT2D eigenvalue weighted by atomic mass is 9.62. The largest absolute Gasteiger partial charge is 0.0914 e. The normalized spacial score (nSPS) is 37.1. The van der Waals surface area contributed by atoms with Gasteiger partial charge >= 0.3 is 0 Å². The molecule has 0 nitrogen and oxygen atoms in total. The van der Waals surface area contributed by atoms with Crippen LogP contribution in [0.3, 0.4) is 0 Å². The molecule has 4 atom stereocenters. The summed E-state index contributed by atoms with van der Waals surface area (Å²) in [6.45, 7) is 6.96. The van der Waals surface area contributed by atoms with Crippen LogP contribution in [0.15, 0.2) is 12.2 Å². The van der Waals surface area contributed by atoms with Gasteiger partial charge in [-0.25, -0.2) is 0 Å². The molecule has 18 heavy (non-hydrogen) atoms. The second-order valence-corrected chi connectivity index (χ2v) is 6.77. The Balaban J connectivity index is 1.89. The Hall–Kier alpha value is -0.260. The Bertz CT molecular complexity index is 261. The molecule has 0 saturated heterocycles. The van der Waals surface area contributed by atoms with Crippen LogP contribution in [0.1, 0.15) is 72.1 Å². The van der Waals surface area contributed by atoms with Gasteiger partial charge in [0.2, 0.25) is 0 Å². The summed E-state index contributed by atoms with van der Waals surface area (Å²) in [6, 6.07) is 0. The molecule has 0 aromatic rings. The quantitative estimate of drug-likeness (QED) is 0.549. The van der Waals surface area contributed by atoms with Gasteiger partial charge < -0.3 is 0 Å². The van der Waals surface area contributed by atoms with Gasteiger partial charge in [0.25, 0.3) is 0 Å². The van der Waals surface area contributed by atoms with Crippen LogP contribution in [-0.2, 0) is 0 Å². The van der Waals surface area contributed by atoms with Gasteiger partial charge in [-0.15, -0.1) is 0 Å². The van der Waals surface area contributed by atoms with E-state index in [4.69, 9.17) is 0 Å². The maximum atomic E-state index is 2.46. The van der Waals surface area contributed by atoms with E-state index in [1.54, 1.807) is 6.42 Å². The standard InChI is InChI=1S/C18H32/c1-4-7-14-8-9-18-13-17(15(5-2)6-3)11-10-16(18)12-14/h4,7,14-18H,5-6,8-13H2,1-3H3/b7-4+. The minimum Gasteiger partial charge on any atom is -0.0914 e. The van der Waals surface area contributed by atoms with Gasteiger partial charge in [-0.3, -0.25) is 0 Å². The van der Waals surface area contributed by atoms with Crippen molar-refractivity contribution in [2.24, 2.45) is 29.6 Å². The Kier molecular flexibility index (Phi) is 5.33. The molecule has 0 amide bonds. The minimum absolute atomic E-state index is 0.904. The van der Waals surface area contributed by atoms with E-state index in [9.17, 15) is 0 Å². The third kappa shape index (κ3) is 3.19. The first-order chi connectivity index (χ1) is 8.78. The minimum atomic E-state index is 0.904. The molecule has 2 aliphatic rings. The molecule has 0 bridgehead atoms. The van der Waals surface area contributed by atoms with Gasteiger partial charge in [0.15, 0.2) is 0 Å². The van der Waals surface area contributed by atoms with Crippen molar-refractivity contribution in [3.05, 3.63) is 12.2 Å². The molecule has 0 heteroatoms. The molecule has 0 radical (unpaired) electrons. The molecule has 2 fully saturated rings. The number of rotatable bonds is 4. The highest BCUT2D eigenvalue weighted by Gasteiger charge is 2.36. The summed E-state index contributed by atoms with van der Waals surface area (Å²) in [5.74, 6) is 5.11. The molecule has 0 aromatic carbocycles. The lowest BCUT2D eigenvalue weighted by Crippen LogP contribution is -2.33. The van der Waals surface area contributed by atoms with Gasteiger partial charge in [-0.1, -0.05) is 38.8 Å². The van der Waals surface area contributed by atoms with Crippen molar-refractivity contribution in [1.82, 2.24) is 0 Å². The molecule has 0 aromatic heterocycles. The average molecular weight is 248 g/mol. The highest BCUT2D eigenvalue weighted by molar-refractivity contribution is 4.94. The third-order valence-corrected chi connectivity index (χ3v) is 5.87. The number of fused-ring (bicyclic) bond motifs is 1. The van der Waals surface area contributed by atoms with Crippen LogP contribution in [0.5, 0.6) is 0 Å². The van der Waals surface area contributed by atoms with E-state index in [1.165, 1.54) is 44.9 Å². The zero-order chi connectivity index (χ0) is 13.0. The Morgan fingerprint density at radius 2 is 1.61 bits per heavy atom. The first-order valence-electron chi connectivity index (χ1n) is 8.41. The number of hydrogen-bond acceptors (Lipinski definition) is 0. The highest BCUT2D eigenvalue weighted by atomic mass is 14.4. The van der Waals surface area contributed by atoms with E-state index < -0.39 is 0 Å². The predicted molar refractivity (Wildman–Crippen MR) is 80.5 cm³/mol.